The molecule has 0 aliphatic heterocycles. The molecular formula is C18H14F3N3O. The van der Waals surface area contributed by atoms with Gasteiger partial charge in [0.25, 0.3) is 5.91 Å². The summed E-state index contributed by atoms with van der Waals surface area (Å²) in [6, 6.07) is 12.8. The fraction of sp³-hybridized carbons (Fsp3) is 0.111. The number of benzene rings is 2. The lowest BCUT2D eigenvalue weighted by Crippen LogP contribution is -2.27. The van der Waals surface area contributed by atoms with Gasteiger partial charge in [-0.05, 0) is 24.1 Å². The summed E-state index contributed by atoms with van der Waals surface area (Å²) < 4.78 is 39.5. The van der Waals surface area contributed by atoms with Crippen LogP contribution >= 0.6 is 0 Å². The lowest BCUT2D eigenvalue weighted by molar-refractivity contribution is -0.117. The molecule has 0 radical (unpaired) electrons. The van der Waals surface area contributed by atoms with Gasteiger partial charge in [0.2, 0.25) is 0 Å². The van der Waals surface area contributed by atoms with Crippen LogP contribution in [-0.2, 0) is 11.2 Å². The monoisotopic (exact) mass is 345 g/mol. The lowest BCUT2D eigenvalue weighted by Gasteiger charge is -2.06. The molecule has 2 rings (SSSR count). The maximum atomic E-state index is 13.5. The van der Waals surface area contributed by atoms with E-state index in [-0.39, 0.29) is 11.3 Å². The standard InChI is InChI=1S/C18H14F3N3O/c19-14-6-7-15(17(21)16(14)20)24-11-13(10-22)18(25)23-9-8-12-4-2-1-3-5-12/h1-7,11,24H,8-9H2,(H,23,25)/b13-11-. The highest BCUT2D eigenvalue weighted by Gasteiger charge is 2.13. The van der Waals surface area contributed by atoms with Crippen LogP contribution in [0.5, 0.6) is 0 Å². The number of nitrogens with one attached hydrogen (secondary N) is 2. The molecular weight excluding hydrogens is 331 g/mol. The molecule has 128 valence electrons. The average molecular weight is 345 g/mol. The van der Waals surface area contributed by atoms with Gasteiger partial charge in [-0.25, -0.2) is 13.2 Å². The van der Waals surface area contributed by atoms with E-state index in [9.17, 15) is 18.0 Å². The Balaban J connectivity index is 1.96. The maximum Gasteiger partial charge on any atom is 0.263 e. The Hall–Kier alpha value is -3.27. The normalized spacial score (nSPS) is 10.9. The van der Waals surface area contributed by atoms with E-state index in [0.29, 0.717) is 13.0 Å². The zero-order valence-corrected chi connectivity index (χ0v) is 13.0. The molecule has 4 nitrogen and oxygen atoms in total. The first-order valence-electron chi connectivity index (χ1n) is 7.35. The number of halogens is 3. The SMILES string of the molecule is N#C/C(=C/Nc1ccc(F)c(F)c1F)C(=O)NCCc1ccccc1. The van der Waals surface area contributed by atoms with Gasteiger partial charge in [0.1, 0.15) is 11.6 Å². The zero-order chi connectivity index (χ0) is 18.2. The fourth-order valence-electron chi connectivity index (χ4n) is 2.00. The Labute approximate surface area is 142 Å². The number of carbonyl (C=O) groups excluding carboxylic acids is 1. The van der Waals surface area contributed by atoms with Gasteiger partial charge >= 0.3 is 0 Å². The van der Waals surface area contributed by atoms with E-state index in [4.69, 9.17) is 5.26 Å². The minimum Gasteiger partial charge on any atom is -0.358 e. The Morgan fingerprint density at radius 2 is 1.80 bits per heavy atom. The summed E-state index contributed by atoms with van der Waals surface area (Å²) in [6.07, 6.45) is 1.52. The van der Waals surface area contributed by atoms with E-state index in [2.05, 4.69) is 10.6 Å². The molecule has 0 spiro atoms. The van der Waals surface area contributed by atoms with Crippen LogP contribution in [-0.4, -0.2) is 12.5 Å². The highest BCUT2D eigenvalue weighted by molar-refractivity contribution is 5.97. The number of nitrogens with zero attached hydrogens (tertiary/aromatic N) is 1. The van der Waals surface area contributed by atoms with Gasteiger partial charge in [0.05, 0.1) is 5.69 Å². The summed E-state index contributed by atoms with van der Waals surface area (Å²) >= 11 is 0. The quantitative estimate of drug-likeness (QED) is 0.480. The highest BCUT2D eigenvalue weighted by atomic mass is 19.2. The van der Waals surface area contributed by atoms with Crippen LogP contribution in [0.4, 0.5) is 18.9 Å². The fourth-order valence-corrected chi connectivity index (χ4v) is 2.00. The van der Waals surface area contributed by atoms with Crippen molar-refractivity contribution in [2.75, 3.05) is 11.9 Å². The Bertz CT molecular complexity index is 829. The second kappa shape index (κ2) is 8.55. The van der Waals surface area contributed by atoms with Gasteiger partial charge in [0.15, 0.2) is 17.5 Å². The van der Waals surface area contributed by atoms with E-state index < -0.39 is 23.4 Å². The predicted molar refractivity (Wildman–Crippen MR) is 86.8 cm³/mol. The molecule has 0 unspecified atom stereocenters. The van der Waals surface area contributed by atoms with E-state index in [1.54, 1.807) is 6.07 Å². The molecule has 0 saturated heterocycles. The number of amides is 1. The van der Waals surface area contributed by atoms with Gasteiger partial charge in [0, 0.05) is 12.7 Å². The molecule has 0 aromatic heterocycles. The van der Waals surface area contributed by atoms with E-state index in [1.165, 1.54) is 0 Å². The second-order valence-corrected chi connectivity index (χ2v) is 5.03. The minimum absolute atomic E-state index is 0.307. The molecule has 2 aromatic carbocycles. The molecule has 0 aliphatic rings. The van der Waals surface area contributed by atoms with Gasteiger partial charge in [-0.15, -0.1) is 0 Å². The summed E-state index contributed by atoms with van der Waals surface area (Å²) in [5.74, 6) is -5.05. The number of anilines is 1. The molecule has 1 amide bonds. The highest BCUT2D eigenvalue weighted by Crippen LogP contribution is 2.19. The molecule has 0 atom stereocenters. The largest absolute Gasteiger partial charge is 0.358 e. The van der Waals surface area contributed by atoms with Crippen LogP contribution in [0.1, 0.15) is 5.56 Å². The van der Waals surface area contributed by atoms with E-state index in [1.807, 2.05) is 30.3 Å². The third-order valence-corrected chi connectivity index (χ3v) is 3.31. The molecule has 0 aliphatic carbocycles. The molecule has 0 bridgehead atoms. The van der Waals surface area contributed by atoms with Crippen molar-refractivity contribution in [2.24, 2.45) is 0 Å². The number of hydrogen-bond acceptors (Lipinski definition) is 3. The summed E-state index contributed by atoms with van der Waals surface area (Å²) in [7, 11) is 0. The molecule has 0 heterocycles. The van der Waals surface area contributed by atoms with Gasteiger partial charge < -0.3 is 10.6 Å². The smallest absolute Gasteiger partial charge is 0.263 e. The van der Waals surface area contributed by atoms with Crippen LogP contribution < -0.4 is 10.6 Å². The van der Waals surface area contributed by atoms with Crippen molar-refractivity contribution in [3.8, 4) is 6.07 Å². The molecule has 2 N–H and O–H groups in total. The molecule has 7 heteroatoms. The first-order chi connectivity index (χ1) is 12.0. The second-order valence-electron chi connectivity index (χ2n) is 5.03. The number of hydrogen-bond donors (Lipinski definition) is 2. The van der Waals surface area contributed by atoms with Crippen molar-refractivity contribution in [3.05, 3.63) is 77.3 Å². The van der Waals surface area contributed by atoms with Crippen LogP contribution in [0.15, 0.2) is 54.2 Å². The average Bonchev–Trinajstić information content (AvgIpc) is 2.63. The zero-order valence-electron chi connectivity index (χ0n) is 13.0. The van der Waals surface area contributed by atoms with Crippen molar-refractivity contribution >= 4 is 11.6 Å². The van der Waals surface area contributed by atoms with E-state index >= 15 is 0 Å². The first-order valence-corrected chi connectivity index (χ1v) is 7.35. The van der Waals surface area contributed by atoms with Crippen LogP contribution in [0, 0.1) is 28.8 Å². The molecule has 0 fully saturated rings. The van der Waals surface area contributed by atoms with Crippen molar-refractivity contribution in [1.82, 2.24) is 5.32 Å². The Kier molecular flexibility index (Phi) is 6.18. The topological polar surface area (TPSA) is 64.9 Å². The lowest BCUT2D eigenvalue weighted by atomic mass is 10.1. The van der Waals surface area contributed by atoms with Crippen molar-refractivity contribution in [2.45, 2.75) is 6.42 Å². The van der Waals surface area contributed by atoms with Crippen LogP contribution in [0.25, 0.3) is 0 Å². The molecule has 2 aromatic rings. The third kappa shape index (κ3) is 4.85. The van der Waals surface area contributed by atoms with E-state index in [0.717, 1.165) is 23.9 Å². The van der Waals surface area contributed by atoms with Crippen molar-refractivity contribution < 1.29 is 18.0 Å². The Morgan fingerprint density at radius 3 is 2.48 bits per heavy atom. The van der Waals surface area contributed by atoms with Gasteiger partial charge in [-0.2, -0.15) is 5.26 Å². The van der Waals surface area contributed by atoms with Crippen LogP contribution in [0.3, 0.4) is 0 Å². The minimum atomic E-state index is -1.63. The molecule has 0 saturated carbocycles. The maximum absolute atomic E-state index is 13.5. The number of carbonyl (C=O) groups is 1. The van der Waals surface area contributed by atoms with Crippen LogP contribution in [0.2, 0.25) is 0 Å². The predicted octanol–water partition coefficient (Wildman–Crippen LogP) is 3.28. The first kappa shape index (κ1) is 18.1. The summed E-state index contributed by atoms with van der Waals surface area (Å²) in [5, 5.41) is 13.9. The number of nitriles is 1. The summed E-state index contributed by atoms with van der Waals surface area (Å²) in [4.78, 5) is 11.9. The summed E-state index contributed by atoms with van der Waals surface area (Å²) in [6.45, 7) is 0.307. The summed E-state index contributed by atoms with van der Waals surface area (Å²) in [5.41, 5.74) is 0.313. The van der Waals surface area contributed by atoms with Gasteiger partial charge in [-0.3, -0.25) is 4.79 Å². The number of rotatable bonds is 6. The third-order valence-electron chi connectivity index (χ3n) is 3.31. The van der Waals surface area contributed by atoms with Crippen molar-refractivity contribution in [1.29, 1.82) is 5.26 Å². The van der Waals surface area contributed by atoms with Crippen molar-refractivity contribution in [3.63, 3.8) is 0 Å². The Morgan fingerprint density at radius 1 is 1.08 bits per heavy atom. The molecule has 25 heavy (non-hydrogen) atoms. The van der Waals surface area contributed by atoms with Gasteiger partial charge in [-0.1, -0.05) is 30.3 Å².